The Kier molecular flexibility index (Phi) is 7.52. The van der Waals surface area contributed by atoms with Crippen molar-refractivity contribution in [2.24, 2.45) is 5.14 Å². The molecule has 4 rings (SSSR count). The van der Waals surface area contributed by atoms with E-state index in [0.29, 0.717) is 6.61 Å². The topological polar surface area (TPSA) is 111 Å². The van der Waals surface area contributed by atoms with E-state index in [0.717, 1.165) is 31.4 Å². The van der Waals surface area contributed by atoms with Crippen molar-refractivity contribution in [3.63, 3.8) is 0 Å². The smallest absolute Gasteiger partial charge is 0.238 e. The number of thiazole rings is 1. The number of hydrogen-bond acceptors (Lipinski definition) is 7. The average Bonchev–Trinajstić information content (AvgIpc) is 3.23. The van der Waals surface area contributed by atoms with E-state index >= 15 is 0 Å². The lowest BCUT2D eigenvalue weighted by Crippen LogP contribution is -2.27. The fraction of sp³-hybridized carbons (Fsp3) is 0.167. The van der Waals surface area contributed by atoms with Gasteiger partial charge in [0.1, 0.15) is 11.0 Å². The van der Waals surface area contributed by atoms with Crippen LogP contribution >= 0.6 is 23.1 Å². The highest BCUT2D eigenvalue weighted by Crippen LogP contribution is 2.40. The molecule has 0 bridgehead atoms. The molecule has 0 saturated heterocycles. The third kappa shape index (κ3) is 5.95. The lowest BCUT2D eigenvalue weighted by Gasteiger charge is -2.16. The highest BCUT2D eigenvalue weighted by atomic mass is 32.2. The van der Waals surface area contributed by atoms with Crippen molar-refractivity contribution in [2.75, 3.05) is 6.61 Å². The van der Waals surface area contributed by atoms with Gasteiger partial charge >= 0.3 is 0 Å². The van der Waals surface area contributed by atoms with Gasteiger partial charge in [-0.05, 0) is 48.4 Å². The number of carbonyl (C=O) groups excluding carboxylic acids is 1. The maximum atomic E-state index is 13.2. The van der Waals surface area contributed by atoms with Crippen LogP contribution in [0.25, 0.3) is 10.2 Å². The highest BCUT2D eigenvalue weighted by Gasteiger charge is 2.24. The highest BCUT2D eigenvalue weighted by molar-refractivity contribution is 8.02. The summed E-state index contributed by atoms with van der Waals surface area (Å²) in [5.74, 6) is 0.627. The Morgan fingerprint density at radius 3 is 2.53 bits per heavy atom. The fourth-order valence-electron chi connectivity index (χ4n) is 3.27. The number of primary sulfonamides is 1. The summed E-state index contributed by atoms with van der Waals surface area (Å²) in [7, 11) is -3.76. The van der Waals surface area contributed by atoms with E-state index in [-0.39, 0.29) is 17.3 Å². The number of nitrogens with zero attached hydrogens (tertiary/aromatic N) is 1. The summed E-state index contributed by atoms with van der Waals surface area (Å²) in [5.41, 5.74) is 2.49. The normalized spacial score (nSPS) is 12.4. The van der Waals surface area contributed by atoms with Gasteiger partial charge in [0, 0.05) is 6.54 Å². The van der Waals surface area contributed by atoms with Gasteiger partial charge in [0.2, 0.25) is 15.9 Å². The molecule has 1 atom stereocenters. The van der Waals surface area contributed by atoms with Crippen molar-refractivity contribution < 1.29 is 17.9 Å². The quantitative estimate of drug-likeness (QED) is 0.319. The molecule has 0 saturated carbocycles. The van der Waals surface area contributed by atoms with Crippen LogP contribution in [0.3, 0.4) is 0 Å². The molecule has 3 aromatic carbocycles. The van der Waals surface area contributed by atoms with Crippen molar-refractivity contribution >= 4 is 49.2 Å². The first kappa shape index (κ1) is 24.2. The molecule has 3 N–H and O–H groups in total. The summed E-state index contributed by atoms with van der Waals surface area (Å²) in [5, 5.41) is 7.59. The minimum Gasteiger partial charge on any atom is -0.494 e. The van der Waals surface area contributed by atoms with Crippen LogP contribution in [0.2, 0.25) is 0 Å². The van der Waals surface area contributed by atoms with Crippen LogP contribution in [-0.2, 0) is 21.4 Å². The molecule has 0 aliphatic rings. The Hall–Kier alpha value is -2.92. The third-order valence-corrected chi connectivity index (χ3v) is 8.22. The second-order valence-electron chi connectivity index (χ2n) is 7.36. The van der Waals surface area contributed by atoms with Crippen LogP contribution in [0.15, 0.2) is 82.0 Å². The number of sulfonamides is 1. The molecule has 4 aromatic rings. The van der Waals surface area contributed by atoms with Gasteiger partial charge in [-0.1, -0.05) is 54.2 Å². The van der Waals surface area contributed by atoms with E-state index in [1.807, 2.05) is 55.5 Å². The van der Waals surface area contributed by atoms with E-state index in [9.17, 15) is 13.2 Å². The zero-order valence-electron chi connectivity index (χ0n) is 18.3. The zero-order valence-corrected chi connectivity index (χ0v) is 20.8. The van der Waals surface area contributed by atoms with E-state index in [1.54, 1.807) is 12.1 Å². The molecule has 34 heavy (non-hydrogen) atoms. The zero-order chi connectivity index (χ0) is 24.1. The van der Waals surface area contributed by atoms with Crippen molar-refractivity contribution in [3.8, 4) is 5.75 Å². The van der Waals surface area contributed by atoms with Crippen molar-refractivity contribution in [3.05, 3.63) is 83.9 Å². The number of nitrogens with one attached hydrogen (secondary N) is 1. The lowest BCUT2D eigenvalue weighted by molar-refractivity contribution is -0.120. The average molecular weight is 514 g/mol. The van der Waals surface area contributed by atoms with Gasteiger partial charge in [0.25, 0.3) is 0 Å². The first-order chi connectivity index (χ1) is 16.3. The number of carbonyl (C=O) groups is 1. The number of benzene rings is 3. The summed E-state index contributed by atoms with van der Waals surface area (Å²) in [4.78, 5) is 17.9. The van der Waals surface area contributed by atoms with E-state index < -0.39 is 15.3 Å². The van der Waals surface area contributed by atoms with Crippen molar-refractivity contribution in [2.45, 2.75) is 28.0 Å². The molecular formula is C24H23N3O4S3. The summed E-state index contributed by atoms with van der Waals surface area (Å²) in [6, 6.07) is 21.4. The van der Waals surface area contributed by atoms with Gasteiger partial charge in [0.15, 0.2) is 4.34 Å². The van der Waals surface area contributed by atoms with E-state index in [4.69, 9.17) is 9.88 Å². The molecule has 0 fully saturated rings. The van der Waals surface area contributed by atoms with Crippen molar-refractivity contribution in [1.29, 1.82) is 0 Å². The number of nitrogens with two attached hydrogens (primary N) is 1. The predicted octanol–water partition coefficient (Wildman–Crippen LogP) is 4.49. The fourth-order valence-corrected chi connectivity index (χ4v) is 6.10. The molecule has 0 aliphatic heterocycles. The van der Waals surface area contributed by atoms with Gasteiger partial charge in [-0.3, -0.25) is 4.79 Å². The Morgan fingerprint density at radius 1 is 1.12 bits per heavy atom. The Bertz CT molecular complexity index is 1390. The predicted molar refractivity (Wildman–Crippen MR) is 135 cm³/mol. The maximum absolute atomic E-state index is 13.2. The van der Waals surface area contributed by atoms with Crippen LogP contribution in [0.4, 0.5) is 0 Å². The molecule has 1 aromatic heterocycles. The molecule has 1 heterocycles. The Balaban J connectivity index is 1.52. The van der Waals surface area contributed by atoms with Crippen LogP contribution in [0.5, 0.6) is 5.75 Å². The second-order valence-corrected chi connectivity index (χ2v) is 11.3. The molecule has 0 spiro atoms. The van der Waals surface area contributed by atoms with Gasteiger partial charge in [-0.15, -0.1) is 11.3 Å². The van der Waals surface area contributed by atoms with Crippen LogP contribution in [0.1, 0.15) is 23.3 Å². The van der Waals surface area contributed by atoms with Gasteiger partial charge in [-0.2, -0.15) is 0 Å². The summed E-state index contributed by atoms with van der Waals surface area (Å²) >= 11 is 2.91. The molecule has 1 unspecified atom stereocenters. The summed E-state index contributed by atoms with van der Waals surface area (Å²) in [6.45, 7) is 2.79. The Morgan fingerprint density at radius 2 is 1.85 bits per heavy atom. The largest absolute Gasteiger partial charge is 0.494 e. The van der Waals surface area contributed by atoms with Gasteiger partial charge in [0.05, 0.1) is 21.7 Å². The monoisotopic (exact) mass is 513 g/mol. The van der Waals surface area contributed by atoms with E-state index in [2.05, 4.69) is 10.3 Å². The number of amides is 1. The van der Waals surface area contributed by atoms with Crippen molar-refractivity contribution in [1.82, 2.24) is 10.3 Å². The molecule has 1 amide bonds. The number of rotatable bonds is 9. The molecule has 0 aliphatic carbocycles. The number of aromatic nitrogens is 1. The summed E-state index contributed by atoms with van der Waals surface area (Å²) < 4.78 is 30.2. The molecule has 0 radical (unpaired) electrons. The van der Waals surface area contributed by atoms with E-state index in [1.165, 1.54) is 35.2 Å². The maximum Gasteiger partial charge on any atom is 0.238 e. The van der Waals surface area contributed by atoms with Crippen LogP contribution in [-0.4, -0.2) is 25.9 Å². The molecule has 7 nitrogen and oxygen atoms in total. The number of thioether (sulfide) groups is 1. The summed E-state index contributed by atoms with van der Waals surface area (Å²) in [6.07, 6.45) is 0. The minimum absolute atomic E-state index is 0.0311. The molecular weight excluding hydrogens is 490 g/mol. The standard InChI is InChI=1S/C24H23N3O4S3/c1-2-31-18-10-13-20-21(14-18)32-24(27-20)33-22(17-6-4-3-5-7-17)23(28)26-15-16-8-11-19(12-9-16)34(25,29)30/h3-14,22H,2,15H2,1H3,(H,26,28)(H2,25,29,30). The van der Waals surface area contributed by atoms with Crippen LogP contribution in [0, 0.1) is 0 Å². The molecule has 176 valence electrons. The van der Waals surface area contributed by atoms with Gasteiger partial charge < -0.3 is 10.1 Å². The second kappa shape index (κ2) is 10.6. The minimum atomic E-state index is -3.76. The first-order valence-electron chi connectivity index (χ1n) is 10.5. The number of fused-ring (bicyclic) bond motifs is 1. The number of ether oxygens (including phenoxy) is 1. The lowest BCUT2D eigenvalue weighted by atomic mass is 10.1. The number of hydrogen-bond donors (Lipinski definition) is 2. The SMILES string of the molecule is CCOc1ccc2nc(SC(C(=O)NCc3ccc(S(N)(=O)=O)cc3)c3ccccc3)sc2c1. The first-order valence-corrected chi connectivity index (χ1v) is 13.7. The van der Waals surface area contributed by atoms with Gasteiger partial charge in [-0.25, -0.2) is 18.5 Å². The Labute approximate surface area is 206 Å². The van der Waals surface area contributed by atoms with Crippen LogP contribution < -0.4 is 15.2 Å². The molecule has 10 heteroatoms. The third-order valence-electron chi connectivity index (χ3n) is 4.93.